The minimum Gasteiger partial charge on any atom is -0.399 e. The Morgan fingerprint density at radius 2 is 0.585 bits per heavy atom. The molecule has 746 valence electrons. The molecule has 0 unspecified atom stereocenters. The van der Waals surface area contributed by atoms with E-state index in [9.17, 15) is 24.0 Å². The Labute approximate surface area is 802 Å². The number of aliphatic hydroxyl groups is 1. The van der Waals surface area contributed by atoms with E-state index in [2.05, 4.69) is 237 Å². The lowest BCUT2D eigenvalue weighted by atomic mass is 10.1. The topological polar surface area (TPSA) is 198 Å². The molecule has 11 aliphatic heterocycles. The number of likely N-dealkylation sites (tertiary alicyclic amines) is 9. The average Bonchev–Trinajstić information content (AvgIpc) is 1.74. The first kappa shape index (κ1) is 128. The van der Waals surface area contributed by atoms with Crippen LogP contribution in [0.4, 0.5) is 11.4 Å². The standard InChI is InChI=1S/C9H9NS.C9H12.C8H11NO3.C8H11N.C8H10.C6H7NO4.9C6H13N.C2H6O.2C2H6/c1-2-8-3-5-9(6-4-8)10-7-11;1-3-9-6-4-8(2)5-7-9;1-3-8(11)12-9-6(2)4-5-7(9)10;1-2-7-3-5-8(9)6-4-7;1-2-8-6-4-3-5-7-8;1-4(8)11-7-5(9)2-3-6(7)10;9*1-7-5-3-2-4-6-7;1-2-3;2*1-2/h3-6H,2H2,1H3;4-7H,3H2,1-2H3;2-5H2,1H3;3-6H,2,9H2,1H3;3-7H,2H2,1H3;2-3H2,1H3;9*2-6H2,1H3;3H,2H2,1H3;2*1-2H3. The van der Waals surface area contributed by atoms with Gasteiger partial charge in [-0.1, -0.05) is 211 Å². The van der Waals surface area contributed by atoms with Crippen LogP contribution >= 0.6 is 12.2 Å². The lowest BCUT2D eigenvalue weighted by Gasteiger charge is -2.20. The van der Waals surface area contributed by atoms with Crippen LogP contribution in [0.25, 0.3) is 0 Å². The fourth-order valence-electron chi connectivity index (χ4n) is 14.3. The molecule has 3 amide bonds. The lowest BCUT2D eigenvalue weighted by Crippen LogP contribution is -2.30. The molecule has 11 fully saturated rings. The van der Waals surface area contributed by atoms with Crippen LogP contribution in [0.1, 0.15) is 309 Å². The van der Waals surface area contributed by atoms with Crippen molar-refractivity contribution < 1.29 is 38.8 Å². The fraction of sp³-hybridized carbons (Fsp3) is 0.704. The third-order valence-corrected chi connectivity index (χ3v) is 22.8. The predicted octanol–water partition coefficient (Wildman–Crippen LogP) is 22.2. The van der Waals surface area contributed by atoms with Crippen molar-refractivity contribution in [2.24, 2.45) is 4.99 Å². The molecule has 0 bridgehead atoms. The number of benzene rings is 4. The molecule has 4 aromatic rings. The van der Waals surface area contributed by atoms with Crippen molar-refractivity contribution in [1.29, 1.82) is 0 Å². The number of nitrogens with zero attached hydrogens (tertiary/aromatic N) is 12. The van der Waals surface area contributed by atoms with Crippen LogP contribution in [0.2, 0.25) is 0 Å². The number of carbonyl (C=O) groups is 5. The highest BCUT2D eigenvalue weighted by atomic mass is 32.1. The van der Waals surface area contributed by atoms with Gasteiger partial charge in [-0.15, -0.1) is 10.1 Å². The van der Waals surface area contributed by atoms with Crippen LogP contribution in [0.15, 0.2) is 120 Å². The lowest BCUT2D eigenvalue weighted by molar-refractivity contribution is -0.195. The predicted molar refractivity (Wildman–Crippen MR) is 559 cm³/mol. The summed E-state index contributed by atoms with van der Waals surface area (Å²) in [5.41, 5.74) is 14.6. The van der Waals surface area contributed by atoms with Crippen molar-refractivity contribution in [3.63, 3.8) is 0 Å². The van der Waals surface area contributed by atoms with Gasteiger partial charge in [-0.3, -0.25) is 14.4 Å². The summed E-state index contributed by atoms with van der Waals surface area (Å²) >= 11 is 4.48. The molecule has 130 heavy (non-hydrogen) atoms. The Morgan fingerprint density at radius 1 is 0.362 bits per heavy atom. The molecule has 3 N–H and O–H groups in total. The van der Waals surface area contributed by atoms with E-state index in [4.69, 9.17) is 15.7 Å². The maximum Gasteiger partial charge on any atom is 0.332 e. The number of rotatable bonds is 8. The summed E-state index contributed by atoms with van der Waals surface area (Å²) < 4.78 is 0. The third-order valence-electron chi connectivity index (χ3n) is 22.8. The zero-order chi connectivity index (χ0) is 97.6. The van der Waals surface area contributed by atoms with E-state index >= 15 is 0 Å². The van der Waals surface area contributed by atoms with Crippen molar-refractivity contribution in [2.45, 2.75) is 314 Å². The van der Waals surface area contributed by atoms with Gasteiger partial charge in [-0.2, -0.15) is 4.99 Å². The quantitative estimate of drug-likeness (QED) is 0.0730. The normalized spacial score (nSPS) is 18.1. The van der Waals surface area contributed by atoms with Crippen LogP contribution in [-0.2, 0) is 59.3 Å². The van der Waals surface area contributed by atoms with Crippen LogP contribution in [0.3, 0.4) is 0 Å². The molecule has 11 aliphatic rings. The SMILES string of the molecule is C=C1CCC(=O)N1OC(=O)CC.CC.CC.CC(=O)ON1C(=O)CCC1=O.CCO.CCc1ccc(C)cc1.CCc1ccc(N)cc1.CCc1ccc(N=C=S)cc1.CCc1ccccc1.CN1CCCCC1.CN1CCCCC1.CN1CCCCC1.CN1CCCCC1.CN1CCCCC1.CN1CCCCC1.CN1CCCCC1.CN1CCCCC1.CN1CCCCC1. The number of anilines is 1. The molecule has 0 spiro atoms. The van der Waals surface area contributed by atoms with Gasteiger partial charge in [0.1, 0.15) is 0 Å². The number of hydrogen-bond donors (Lipinski definition) is 2. The number of imide groups is 1. The number of aryl methyl sites for hydroxylation is 5. The molecule has 0 saturated carbocycles. The Bertz CT molecular complexity index is 2980. The monoisotopic (exact) mass is 1830 g/mol. The molecule has 0 aliphatic carbocycles. The number of hydroxylamine groups is 4. The minimum atomic E-state index is -0.659. The summed E-state index contributed by atoms with van der Waals surface area (Å²) in [7, 11) is 19.7. The molecule has 11 saturated heterocycles. The Balaban J connectivity index is -0.00000133. The van der Waals surface area contributed by atoms with Gasteiger partial charge in [-0.05, 0) is 401 Å². The van der Waals surface area contributed by atoms with E-state index in [1.165, 1.54) is 319 Å². The number of aliphatic imine (C=N–C) groups is 1. The number of aliphatic hydroxyl groups excluding tert-OH is 1. The largest absolute Gasteiger partial charge is 0.399 e. The fourth-order valence-corrected chi connectivity index (χ4v) is 14.4. The van der Waals surface area contributed by atoms with Crippen LogP contribution in [0, 0.1) is 6.92 Å². The average molecular weight is 1840 g/mol. The number of hydrogen-bond acceptors (Lipinski definition) is 20. The van der Waals surface area contributed by atoms with E-state index < -0.39 is 23.8 Å². The maximum atomic E-state index is 11.0. The summed E-state index contributed by atoms with van der Waals surface area (Å²) in [5, 5.41) is 11.4. The Hall–Kier alpha value is -6.63. The van der Waals surface area contributed by atoms with Crippen molar-refractivity contribution >= 4 is 58.4 Å². The third kappa shape index (κ3) is 77.8. The number of isothiocyanates is 1. The highest BCUT2D eigenvalue weighted by molar-refractivity contribution is 7.78. The van der Waals surface area contributed by atoms with E-state index in [-0.39, 0.29) is 31.8 Å². The first-order chi connectivity index (χ1) is 62.7. The molecule has 21 nitrogen and oxygen atoms in total. The van der Waals surface area contributed by atoms with Crippen LogP contribution < -0.4 is 5.73 Å². The highest BCUT2D eigenvalue weighted by Gasteiger charge is 2.32. The summed E-state index contributed by atoms with van der Waals surface area (Å²) in [6.45, 7) is 50.8. The first-order valence-corrected chi connectivity index (χ1v) is 51.2. The second-order valence-corrected chi connectivity index (χ2v) is 35.0. The molecule has 22 heteroatoms. The molecule has 0 atom stereocenters. The Kier molecular flexibility index (Phi) is 88.5. The van der Waals surface area contributed by atoms with Crippen molar-refractivity contribution in [2.75, 3.05) is 194 Å². The zero-order valence-electron chi connectivity index (χ0n) is 87.1. The second kappa shape index (κ2) is 90.2. The highest BCUT2D eigenvalue weighted by Crippen LogP contribution is 2.22. The van der Waals surface area contributed by atoms with Gasteiger partial charge in [0.25, 0.3) is 17.7 Å². The maximum absolute atomic E-state index is 11.0. The number of nitrogen functional groups attached to an aromatic ring is 1. The zero-order valence-corrected chi connectivity index (χ0v) is 87.9. The smallest absolute Gasteiger partial charge is 0.332 e. The van der Waals surface area contributed by atoms with Gasteiger partial charge in [0, 0.05) is 44.9 Å². The van der Waals surface area contributed by atoms with Gasteiger partial charge in [-0.25, -0.2) is 9.59 Å². The summed E-state index contributed by atoms with van der Waals surface area (Å²) in [5.74, 6) is -2.17. The number of piperidine rings is 9. The van der Waals surface area contributed by atoms with Crippen LogP contribution in [0.5, 0.6) is 0 Å². The number of thiocarbonyl (C=S) groups is 1. The first-order valence-electron chi connectivity index (χ1n) is 50.8. The minimum absolute atomic E-state index is 0.131. The number of carbonyl (C=O) groups excluding carboxylic acids is 5. The molecule has 0 aromatic heterocycles. The molecular weight excluding hydrogens is 1640 g/mol. The van der Waals surface area contributed by atoms with E-state index in [0.29, 0.717) is 23.6 Å². The van der Waals surface area contributed by atoms with Crippen molar-refractivity contribution in [3.05, 3.63) is 143 Å². The molecule has 15 rings (SSSR count). The molecule has 4 aromatic carbocycles. The Morgan fingerprint density at radius 3 is 0.777 bits per heavy atom. The van der Waals surface area contributed by atoms with E-state index in [0.717, 1.165) is 49.0 Å². The van der Waals surface area contributed by atoms with Gasteiger partial charge >= 0.3 is 11.9 Å². The summed E-state index contributed by atoms with van der Waals surface area (Å²) in [6, 6.07) is 35.1. The second-order valence-electron chi connectivity index (χ2n) is 34.8. The van der Waals surface area contributed by atoms with Gasteiger partial charge in [0.05, 0.1) is 16.5 Å². The van der Waals surface area contributed by atoms with Gasteiger partial charge < -0.3 is 64.6 Å². The molecular formula is C108H195N13O8S. The number of amides is 3. The van der Waals surface area contributed by atoms with E-state index in [1.54, 1.807) is 13.8 Å². The number of nitrogens with two attached hydrogens (primary N) is 1. The van der Waals surface area contributed by atoms with Gasteiger partial charge in [0.15, 0.2) is 0 Å². The molecule has 0 radical (unpaired) electrons. The van der Waals surface area contributed by atoms with E-state index in [1.807, 2.05) is 70.2 Å². The summed E-state index contributed by atoms with van der Waals surface area (Å²) in [6.07, 6.45) is 44.4. The summed E-state index contributed by atoms with van der Waals surface area (Å²) in [4.78, 5) is 88.1. The number of allylic oxidation sites excluding steroid dienone is 1. The van der Waals surface area contributed by atoms with Gasteiger partial charge in [0.2, 0.25) is 0 Å². The van der Waals surface area contributed by atoms with Crippen molar-refractivity contribution in [1.82, 2.24) is 54.2 Å². The van der Waals surface area contributed by atoms with Crippen molar-refractivity contribution in [3.8, 4) is 0 Å². The molecule has 11 heterocycles. The van der Waals surface area contributed by atoms with Crippen LogP contribution in [-0.4, -0.2) is 282 Å².